The Hall–Kier alpha value is -7.64. The minimum absolute atomic E-state index is 0.526. The Balaban J connectivity index is 1.10. The van der Waals surface area contributed by atoms with Crippen LogP contribution in [0.3, 0.4) is 0 Å². The van der Waals surface area contributed by atoms with Crippen LogP contribution in [0.5, 0.6) is 0 Å². The van der Waals surface area contributed by atoms with Crippen molar-refractivity contribution in [2.45, 2.75) is 0 Å². The van der Waals surface area contributed by atoms with E-state index in [-0.39, 0.29) is 0 Å². The summed E-state index contributed by atoms with van der Waals surface area (Å²) in [7, 11) is 0. The van der Waals surface area contributed by atoms with E-state index in [1.165, 1.54) is 0 Å². The average molecular weight is 707 g/mol. The lowest BCUT2D eigenvalue weighted by Crippen LogP contribution is -2.00. The van der Waals surface area contributed by atoms with E-state index in [2.05, 4.69) is 48.5 Å². The van der Waals surface area contributed by atoms with Crippen LogP contribution in [0.1, 0.15) is 0 Å². The topological polar surface area (TPSA) is 90.5 Å². The maximum Gasteiger partial charge on any atom is 0.167 e. The van der Waals surface area contributed by atoms with Crippen molar-refractivity contribution < 1.29 is 4.42 Å². The Labute approximate surface area is 316 Å². The van der Waals surface area contributed by atoms with Gasteiger partial charge in [-0.05, 0) is 35.4 Å². The van der Waals surface area contributed by atoms with Crippen LogP contribution >= 0.6 is 0 Å². The first-order valence-corrected chi connectivity index (χ1v) is 18.0. The lowest BCUT2D eigenvalue weighted by molar-refractivity contribution is 0.669. The Kier molecular flexibility index (Phi) is 8.00. The fourth-order valence-corrected chi connectivity index (χ4v) is 6.84. The van der Waals surface area contributed by atoms with Crippen molar-refractivity contribution in [2.75, 3.05) is 0 Å². The van der Waals surface area contributed by atoms with Crippen molar-refractivity contribution in [3.05, 3.63) is 182 Å². The van der Waals surface area contributed by atoms with E-state index in [1.807, 2.05) is 133 Å². The summed E-state index contributed by atoms with van der Waals surface area (Å²) in [6.07, 6.45) is 0. The normalized spacial score (nSPS) is 11.3. The van der Waals surface area contributed by atoms with Crippen LogP contribution in [-0.2, 0) is 0 Å². The summed E-state index contributed by atoms with van der Waals surface area (Å²) >= 11 is 0. The predicted molar refractivity (Wildman–Crippen MR) is 219 cm³/mol. The van der Waals surface area contributed by atoms with Crippen LogP contribution < -0.4 is 0 Å². The van der Waals surface area contributed by atoms with Gasteiger partial charge < -0.3 is 4.42 Å². The van der Waals surface area contributed by atoms with E-state index in [1.54, 1.807) is 0 Å². The van der Waals surface area contributed by atoms with E-state index >= 15 is 0 Å². The Bertz CT molecular complexity index is 2890. The highest BCUT2D eigenvalue weighted by Crippen LogP contribution is 2.38. The maximum atomic E-state index is 6.62. The molecule has 55 heavy (non-hydrogen) atoms. The van der Waals surface area contributed by atoms with Crippen LogP contribution in [-0.4, -0.2) is 29.9 Å². The number of benzene rings is 7. The van der Waals surface area contributed by atoms with Crippen LogP contribution in [0.4, 0.5) is 0 Å². The SMILES string of the molecule is c1ccc(-c2ccc(-c3nc(-c4ccccc4)nc(-c4cccc5c4oc4ccc(-c6nc(-c7ccccc7)nc(-c7ccccc7)n6)cc45)n3)cc2)cc1. The molecule has 0 aliphatic heterocycles. The molecule has 0 saturated heterocycles. The molecule has 0 fully saturated rings. The molecule has 0 spiro atoms. The summed E-state index contributed by atoms with van der Waals surface area (Å²) in [4.78, 5) is 29.8. The molecule has 0 N–H and O–H groups in total. The number of fused-ring (bicyclic) bond motifs is 3. The monoisotopic (exact) mass is 706 g/mol. The van der Waals surface area contributed by atoms with Gasteiger partial charge in [-0.2, -0.15) is 0 Å². The van der Waals surface area contributed by atoms with Gasteiger partial charge in [0, 0.05) is 38.6 Å². The summed E-state index contributed by atoms with van der Waals surface area (Å²) in [6, 6.07) is 60.8. The zero-order chi connectivity index (χ0) is 36.6. The molecular weight excluding hydrogens is 677 g/mol. The predicted octanol–water partition coefficient (Wildman–Crippen LogP) is 11.6. The molecule has 0 aliphatic carbocycles. The minimum Gasteiger partial charge on any atom is -0.455 e. The van der Waals surface area contributed by atoms with Gasteiger partial charge in [-0.1, -0.05) is 158 Å². The van der Waals surface area contributed by atoms with E-state index in [4.69, 9.17) is 34.3 Å². The highest BCUT2D eigenvalue weighted by Gasteiger charge is 2.19. The number of hydrogen-bond acceptors (Lipinski definition) is 7. The molecule has 0 radical (unpaired) electrons. The largest absolute Gasteiger partial charge is 0.455 e. The van der Waals surface area contributed by atoms with Gasteiger partial charge in [0.25, 0.3) is 0 Å². The lowest BCUT2D eigenvalue weighted by atomic mass is 10.0. The summed E-state index contributed by atoms with van der Waals surface area (Å²) in [6.45, 7) is 0. The van der Waals surface area contributed by atoms with E-state index in [9.17, 15) is 0 Å². The molecule has 7 aromatic carbocycles. The highest BCUT2D eigenvalue weighted by molar-refractivity contribution is 6.10. The van der Waals surface area contributed by atoms with Gasteiger partial charge in [-0.15, -0.1) is 0 Å². The molecule has 3 heterocycles. The second kappa shape index (κ2) is 13.7. The maximum absolute atomic E-state index is 6.62. The van der Waals surface area contributed by atoms with Crippen LogP contribution in [0.15, 0.2) is 186 Å². The Morgan fingerprint density at radius 1 is 0.273 bits per heavy atom. The van der Waals surface area contributed by atoms with Gasteiger partial charge in [0.05, 0.1) is 5.56 Å². The first-order chi connectivity index (χ1) is 27.2. The standard InChI is InChI=1S/C48H30N6O/c1-5-14-31(15-6-1)32-24-26-36(27-25-32)46-50-45(35-20-11-4-12-21-35)53-48(54-46)39-23-13-22-38-40-30-37(28-29-41(40)55-42(38)39)47-51-43(33-16-7-2-8-17-33)49-44(52-47)34-18-9-3-10-19-34/h1-30H. The summed E-state index contributed by atoms with van der Waals surface area (Å²) in [5.41, 5.74) is 8.96. The third-order valence-corrected chi connectivity index (χ3v) is 9.61. The lowest BCUT2D eigenvalue weighted by Gasteiger charge is -2.09. The quantitative estimate of drug-likeness (QED) is 0.163. The summed E-state index contributed by atoms with van der Waals surface area (Å²) in [5.74, 6) is 3.49. The molecule has 0 unspecified atom stereocenters. The number of nitrogens with zero attached hydrogens (tertiary/aromatic N) is 6. The number of rotatable bonds is 7. The summed E-state index contributed by atoms with van der Waals surface area (Å²) < 4.78 is 6.62. The van der Waals surface area contributed by atoms with Crippen molar-refractivity contribution in [2.24, 2.45) is 0 Å². The zero-order valence-corrected chi connectivity index (χ0v) is 29.4. The summed E-state index contributed by atoms with van der Waals surface area (Å²) in [5, 5.41) is 1.87. The van der Waals surface area contributed by atoms with E-state index < -0.39 is 0 Å². The molecule has 0 bridgehead atoms. The van der Waals surface area contributed by atoms with E-state index in [0.717, 1.165) is 60.9 Å². The molecule has 0 amide bonds. The molecule has 10 aromatic rings. The Morgan fingerprint density at radius 2 is 0.655 bits per heavy atom. The fourth-order valence-electron chi connectivity index (χ4n) is 6.84. The molecule has 0 aliphatic rings. The van der Waals surface area contributed by atoms with Crippen LogP contribution in [0.2, 0.25) is 0 Å². The van der Waals surface area contributed by atoms with Gasteiger partial charge in [0.1, 0.15) is 11.2 Å². The van der Waals surface area contributed by atoms with E-state index in [0.29, 0.717) is 40.5 Å². The first kappa shape index (κ1) is 32.0. The third kappa shape index (κ3) is 6.19. The highest BCUT2D eigenvalue weighted by atomic mass is 16.3. The van der Waals surface area contributed by atoms with Gasteiger partial charge in [0.15, 0.2) is 34.9 Å². The number of aromatic nitrogens is 6. The zero-order valence-electron chi connectivity index (χ0n) is 29.4. The first-order valence-electron chi connectivity index (χ1n) is 18.0. The molecular formula is C48H30N6O. The van der Waals surface area contributed by atoms with Crippen molar-refractivity contribution in [1.29, 1.82) is 0 Å². The smallest absolute Gasteiger partial charge is 0.167 e. The number of hydrogen-bond donors (Lipinski definition) is 0. The van der Waals surface area contributed by atoms with Crippen molar-refractivity contribution >= 4 is 21.9 Å². The minimum atomic E-state index is 0.526. The van der Waals surface area contributed by atoms with Crippen molar-refractivity contribution in [1.82, 2.24) is 29.9 Å². The van der Waals surface area contributed by atoms with Crippen LogP contribution in [0, 0.1) is 0 Å². The Morgan fingerprint density at radius 3 is 1.16 bits per heavy atom. The van der Waals surface area contributed by atoms with Crippen LogP contribution in [0.25, 0.3) is 101 Å². The second-order valence-corrected chi connectivity index (χ2v) is 13.1. The average Bonchev–Trinajstić information content (AvgIpc) is 3.66. The van der Waals surface area contributed by atoms with Crippen molar-refractivity contribution in [3.63, 3.8) is 0 Å². The second-order valence-electron chi connectivity index (χ2n) is 13.1. The molecule has 10 rings (SSSR count). The molecule has 7 heteroatoms. The van der Waals surface area contributed by atoms with Crippen molar-refractivity contribution in [3.8, 4) is 79.5 Å². The molecule has 7 nitrogen and oxygen atoms in total. The number of furan rings is 1. The van der Waals surface area contributed by atoms with Gasteiger partial charge in [0.2, 0.25) is 0 Å². The molecule has 258 valence electrons. The molecule has 3 aromatic heterocycles. The molecule has 0 atom stereocenters. The van der Waals surface area contributed by atoms with Gasteiger partial charge >= 0.3 is 0 Å². The van der Waals surface area contributed by atoms with Gasteiger partial charge in [-0.3, -0.25) is 0 Å². The molecule has 0 saturated carbocycles. The van der Waals surface area contributed by atoms with Gasteiger partial charge in [-0.25, -0.2) is 29.9 Å². The third-order valence-electron chi connectivity index (χ3n) is 9.61. The fraction of sp³-hybridized carbons (Fsp3) is 0. The number of para-hydroxylation sites is 1.